The Labute approximate surface area is 148 Å². The number of thiazole rings is 1. The lowest BCUT2D eigenvalue weighted by Crippen LogP contribution is -2.31. The Morgan fingerprint density at radius 2 is 2.00 bits per heavy atom. The first-order chi connectivity index (χ1) is 11.9. The number of hydrogen-bond acceptors (Lipinski definition) is 5. The Hall–Kier alpha value is -2.54. The van der Waals surface area contributed by atoms with Gasteiger partial charge in [-0.3, -0.25) is 4.79 Å². The van der Waals surface area contributed by atoms with Crippen molar-refractivity contribution < 1.29 is 13.6 Å². The van der Waals surface area contributed by atoms with Gasteiger partial charge in [0.05, 0.1) is 12.1 Å². The summed E-state index contributed by atoms with van der Waals surface area (Å²) in [5.74, 6) is 0.658. The van der Waals surface area contributed by atoms with E-state index in [0.29, 0.717) is 28.0 Å². The van der Waals surface area contributed by atoms with E-state index in [-0.39, 0.29) is 24.2 Å². The molecule has 0 atom stereocenters. The van der Waals surface area contributed by atoms with Gasteiger partial charge in [-0.25, -0.2) is 14.4 Å². The molecule has 0 spiro atoms. The van der Waals surface area contributed by atoms with Gasteiger partial charge in [-0.05, 0) is 38.1 Å². The van der Waals surface area contributed by atoms with Crippen LogP contribution in [0.5, 0.6) is 0 Å². The minimum atomic E-state index is -0.307. The number of hydrogen-bond donors (Lipinski definition) is 1. The summed E-state index contributed by atoms with van der Waals surface area (Å²) in [4.78, 5) is 20.8. The van der Waals surface area contributed by atoms with Crippen molar-refractivity contribution in [1.29, 1.82) is 0 Å². The molecule has 130 valence electrons. The maximum Gasteiger partial charge on any atom is 0.226 e. The molecular weight excluding hydrogens is 341 g/mol. The van der Waals surface area contributed by atoms with Crippen molar-refractivity contribution in [3.05, 3.63) is 47.0 Å². The Kier molecular flexibility index (Phi) is 4.94. The third-order valence-corrected chi connectivity index (χ3v) is 4.28. The number of rotatable bonds is 5. The van der Waals surface area contributed by atoms with Gasteiger partial charge in [-0.2, -0.15) is 0 Å². The van der Waals surface area contributed by atoms with Crippen LogP contribution in [-0.2, 0) is 11.2 Å². The molecule has 0 aliphatic heterocycles. The van der Waals surface area contributed by atoms with E-state index < -0.39 is 0 Å². The highest BCUT2D eigenvalue weighted by Crippen LogP contribution is 2.34. The Morgan fingerprint density at radius 1 is 1.28 bits per heavy atom. The summed E-state index contributed by atoms with van der Waals surface area (Å²) in [6.07, 6.45) is 0.216. The third-order valence-electron chi connectivity index (χ3n) is 3.39. The zero-order valence-corrected chi connectivity index (χ0v) is 15.0. The number of carbonyl (C=O) groups is 1. The number of nitrogens with zero attached hydrogens (tertiary/aromatic N) is 2. The smallest absolute Gasteiger partial charge is 0.226 e. The number of aromatic nitrogens is 2. The van der Waals surface area contributed by atoms with E-state index in [4.69, 9.17) is 4.42 Å². The second-order valence-electron chi connectivity index (χ2n) is 5.96. The molecule has 0 aliphatic carbocycles. The van der Waals surface area contributed by atoms with Crippen molar-refractivity contribution in [2.24, 2.45) is 0 Å². The van der Waals surface area contributed by atoms with Crippen LogP contribution in [0.4, 0.5) is 4.39 Å². The molecule has 7 heteroatoms. The second-order valence-corrected chi connectivity index (χ2v) is 6.82. The minimum absolute atomic E-state index is 0.0700. The lowest BCUT2D eigenvalue weighted by Gasteiger charge is -2.06. The molecule has 0 saturated heterocycles. The predicted octanol–water partition coefficient (Wildman–Crippen LogP) is 3.98. The Bertz CT molecular complexity index is 884. The van der Waals surface area contributed by atoms with Crippen molar-refractivity contribution in [3.8, 4) is 22.0 Å². The number of aryl methyl sites for hydroxylation is 1. The molecule has 0 saturated carbocycles. The van der Waals surface area contributed by atoms with Crippen LogP contribution in [0.15, 0.2) is 34.1 Å². The van der Waals surface area contributed by atoms with Gasteiger partial charge < -0.3 is 9.73 Å². The largest absolute Gasteiger partial charge is 0.438 e. The van der Waals surface area contributed by atoms with Gasteiger partial charge in [0.2, 0.25) is 5.91 Å². The molecule has 2 heterocycles. The molecule has 2 aromatic heterocycles. The van der Waals surface area contributed by atoms with Crippen LogP contribution < -0.4 is 5.32 Å². The number of benzene rings is 1. The van der Waals surface area contributed by atoms with Gasteiger partial charge in [0, 0.05) is 23.9 Å². The van der Waals surface area contributed by atoms with E-state index in [1.807, 2.05) is 19.2 Å². The first-order valence-corrected chi connectivity index (χ1v) is 8.78. The van der Waals surface area contributed by atoms with Crippen LogP contribution >= 0.6 is 11.3 Å². The lowest BCUT2D eigenvalue weighted by molar-refractivity contribution is -0.120. The molecule has 1 amide bonds. The molecule has 0 bridgehead atoms. The number of amides is 1. The average Bonchev–Trinajstić information content (AvgIpc) is 3.13. The Morgan fingerprint density at radius 3 is 2.68 bits per heavy atom. The van der Waals surface area contributed by atoms with E-state index in [2.05, 4.69) is 15.3 Å². The monoisotopic (exact) mass is 359 g/mol. The van der Waals surface area contributed by atoms with E-state index in [1.165, 1.54) is 23.5 Å². The van der Waals surface area contributed by atoms with Crippen LogP contribution in [0.2, 0.25) is 0 Å². The zero-order chi connectivity index (χ0) is 18.0. The van der Waals surface area contributed by atoms with Gasteiger partial charge >= 0.3 is 0 Å². The Balaban J connectivity index is 1.88. The summed E-state index contributed by atoms with van der Waals surface area (Å²) in [7, 11) is 0. The molecule has 25 heavy (non-hydrogen) atoms. The molecule has 0 unspecified atom stereocenters. The minimum Gasteiger partial charge on any atom is -0.438 e. The van der Waals surface area contributed by atoms with Gasteiger partial charge in [0.15, 0.2) is 16.7 Å². The lowest BCUT2D eigenvalue weighted by atomic mass is 10.1. The second kappa shape index (κ2) is 7.14. The molecule has 0 fully saturated rings. The molecule has 1 aromatic carbocycles. The highest BCUT2D eigenvalue weighted by atomic mass is 32.1. The summed E-state index contributed by atoms with van der Waals surface area (Å²) >= 11 is 1.39. The zero-order valence-electron chi connectivity index (χ0n) is 14.2. The van der Waals surface area contributed by atoms with Crippen LogP contribution in [0, 0.1) is 12.7 Å². The maximum atomic E-state index is 13.2. The first kappa shape index (κ1) is 17.3. The van der Waals surface area contributed by atoms with Crippen LogP contribution in [0.25, 0.3) is 22.0 Å². The van der Waals surface area contributed by atoms with Crippen molar-refractivity contribution in [2.45, 2.75) is 33.2 Å². The van der Waals surface area contributed by atoms with Crippen molar-refractivity contribution in [3.63, 3.8) is 0 Å². The topological polar surface area (TPSA) is 68.0 Å². The van der Waals surface area contributed by atoms with E-state index >= 15 is 0 Å². The predicted molar refractivity (Wildman–Crippen MR) is 94.7 cm³/mol. The van der Waals surface area contributed by atoms with Crippen molar-refractivity contribution in [1.82, 2.24) is 15.3 Å². The van der Waals surface area contributed by atoms with Crippen LogP contribution in [0.1, 0.15) is 25.4 Å². The maximum absolute atomic E-state index is 13.2. The summed E-state index contributed by atoms with van der Waals surface area (Å²) in [5.41, 5.74) is 2.05. The van der Waals surface area contributed by atoms with Crippen LogP contribution in [-0.4, -0.2) is 21.9 Å². The quantitative estimate of drug-likeness (QED) is 0.748. The molecule has 0 radical (unpaired) electrons. The summed E-state index contributed by atoms with van der Waals surface area (Å²) in [6.45, 7) is 5.58. The van der Waals surface area contributed by atoms with E-state index in [9.17, 15) is 9.18 Å². The number of nitrogens with one attached hydrogen (secondary N) is 1. The number of carbonyl (C=O) groups excluding carboxylic acids is 1. The number of halogens is 1. The van der Waals surface area contributed by atoms with Crippen LogP contribution in [0.3, 0.4) is 0 Å². The number of oxazole rings is 1. The fourth-order valence-corrected chi connectivity index (χ4v) is 3.20. The standard InChI is InChI=1S/C18H18FN3O2S/c1-10(2)20-15(23)8-14-9-25-18(22-14)17-16(21-11(3)24-17)12-4-6-13(19)7-5-12/h4-7,9-10H,8H2,1-3H3,(H,20,23). The summed E-state index contributed by atoms with van der Waals surface area (Å²) < 4.78 is 18.9. The van der Waals surface area contributed by atoms with E-state index in [1.54, 1.807) is 19.1 Å². The highest BCUT2D eigenvalue weighted by Gasteiger charge is 2.19. The van der Waals surface area contributed by atoms with Gasteiger partial charge in [-0.1, -0.05) is 0 Å². The molecule has 1 N–H and O–H groups in total. The molecule has 0 aliphatic rings. The normalized spacial score (nSPS) is 11.1. The van der Waals surface area contributed by atoms with E-state index in [0.717, 1.165) is 5.56 Å². The van der Waals surface area contributed by atoms with Crippen molar-refractivity contribution in [2.75, 3.05) is 0 Å². The highest BCUT2D eigenvalue weighted by molar-refractivity contribution is 7.13. The molecule has 3 rings (SSSR count). The van der Waals surface area contributed by atoms with Gasteiger partial charge in [0.25, 0.3) is 0 Å². The fourth-order valence-electron chi connectivity index (χ4n) is 2.41. The van der Waals surface area contributed by atoms with Crippen molar-refractivity contribution >= 4 is 17.2 Å². The molecule has 5 nitrogen and oxygen atoms in total. The summed E-state index contributed by atoms with van der Waals surface area (Å²) in [5, 5.41) is 5.32. The summed E-state index contributed by atoms with van der Waals surface area (Å²) in [6, 6.07) is 6.16. The fraction of sp³-hybridized carbons (Fsp3) is 0.278. The van der Waals surface area contributed by atoms with Gasteiger partial charge in [-0.15, -0.1) is 11.3 Å². The molecular formula is C18H18FN3O2S. The van der Waals surface area contributed by atoms with Gasteiger partial charge in [0.1, 0.15) is 11.5 Å². The molecule has 3 aromatic rings. The third kappa shape index (κ3) is 4.11. The first-order valence-electron chi connectivity index (χ1n) is 7.90. The SMILES string of the molecule is Cc1nc(-c2ccc(F)cc2)c(-c2nc(CC(=O)NC(C)C)cs2)o1. The average molecular weight is 359 g/mol.